The van der Waals surface area contributed by atoms with Crippen molar-refractivity contribution in [1.82, 2.24) is 4.98 Å². The lowest BCUT2D eigenvalue weighted by molar-refractivity contribution is -0.132. The van der Waals surface area contributed by atoms with Gasteiger partial charge in [-0.25, -0.2) is 9.78 Å². The Kier molecular flexibility index (Phi) is 5.54. The number of rotatable bonds is 5. The molecule has 1 aliphatic rings. The van der Waals surface area contributed by atoms with Crippen molar-refractivity contribution in [3.05, 3.63) is 70.1 Å². The summed E-state index contributed by atoms with van der Waals surface area (Å²) in [6.45, 7) is 1.60. The lowest BCUT2D eigenvalue weighted by atomic mass is 9.99. The second kappa shape index (κ2) is 8.31. The standard InChI is InChI=1S/C22H18N2O7S/c1-11-19(21(28)30-3)32-22(23-11)24-16(14-8-5-9-31-14)15(18(26)20(24)27)17(25)12-6-4-7-13(10-12)29-2/h4-10,16,25H,1-3H3/t16-/m0/s1. The molecule has 164 valence electrons. The molecule has 1 fully saturated rings. The van der Waals surface area contributed by atoms with Gasteiger partial charge in [-0.2, -0.15) is 0 Å². The number of esters is 1. The predicted molar refractivity (Wildman–Crippen MR) is 115 cm³/mol. The zero-order valence-electron chi connectivity index (χ0n) is 17.3. The van der Waals surface area contributed by atoms with Gasteiger partial charge >= 0.3 is 11.9 Å². The predicted octanol–water partition coefficient (Wildman–Crippen LogP) is 3.47. The molecule has 9 nitrogen and oxygen atoms in total. The lowest BCUT2D eigenvalue weighted by Crippen LogP contribution is -2.29. The van der Waals surface area contributed by atoms with Gasteiger partial charge in [0.25, 0.3) is 5.78 Å². The van der Waals surface area contributed by atoms with Crippen molar-refractivity contribution < 1.29 is 33.4 Å². The first-order valence-corrected chi connectivity index (χ1v) is 10.2. The minimum Gasteiger partial charge on any atom is -0.507 e. The van der Waals surface area contributed by atoms with Crippen LogP contribution in [-0.2, 0) is 14.3 Å². The van der Waals surface area contributed by atoms with Crippen LogP contribution in [0.1, 0.15) is 32.7 Å². The van der Waals surface area contributed by atoms with Crippen LogP contribution in [0.2, 0.25) is 0 Å². The van der Waals surface area contributed by atoms with Crippen molar-refractivity contribution in [2.45, 2.75) is 13.0 Å². The largest absolute Gasteiger partial charge is 0.507 e. The molecule has 1 saturated heterocycles. The van der Waals surface area contributed by atoms with E-state index in [1.54, 1.807) is 43.3 Å². The molecule has 1 aromatic carbocycles. The van der Waals surface area contributed by atoms with Crippen molar-refractivity contribution in [2.75, 3.05) is 19.1 Å². The Balaban J connectivity index is 1.90. The molecule has 0 aliphatic carbocycles. The van der Waals surface area contributed by atoms with Crippen LogP contribution in [0.25, 0.3) is 5.76 Å². The molecule has 0 spiro atoms. The summed E-state index contributed by atoms with van der Waals surface area (Å²) in [5.74, 6) is -2.07. The third kappa shape index (κ3) is 3.44. The summed E-state index contributed by atoms with van der Waals surface area (Å²) >= 11 is 0.913. The van der Waals surface area contributed by atoms with Crippen molar-refractivity contribution in [1.29, 1.82) is 0 Å². The Hall–Kier alpha value is -3.92. The van der Waals surface area contributed by atoms with Gasteiger partial charge in [-0.05, 0) is 31.2 Å². The number of aromatic nitrogens is 1. The molecule has 1 N–H and O–H groups in total. The number of ether oxygens (including phenoxy) is 2. The van der Waals surface area contributed by atoms with E-state index >= 15 is 0 Å². The van der Waals surface area contributed by atoms with Crippen molar-refractivity contribution >= 4 is 39.9 Å². The first-order chi connectivity index (χ1) is 15.4. The fraction of sp³-hybridized carbons (Fsp3) is 0.182. The van der Waals surface area contributed by atoms with Crippen LogP contribution in [-0.4, -0.2) is 42.0 Å². The minimum absolute atomic E-state index is 0.107. The number of anilines is 1. The topological polar surface area (TPSA) is 119 Å². The molecule has 1 aliphatic heterocycles. The smallest absolute Gasteiger partial charge is 0.350 e. The maximum atomic E-state index is 13.1. The number of furan rings is 1. The number of carbonyl (C=O) groups excluding carboxylic acids is 3. The van der Waals surface area contributed by atoms with E-state index in [0.29, 0.717) is 17.0 Å². The fourth-order valence-corrected chi connectivity index (χ4v) is 4.45. The molecule has 10 heteroatoms. The normalized spacial score (nSPS) is 17.6. The highest BCUT2D eigenvalue weighted by molar-refractivity contribution is 7.17. The van der Waals surface area contributed by atoms with E-state index in [9.17, 15) is 19.5 Å². The van der Waals surface area contributed by atoms with Gasteiger partial charge in [0.1, 0.15) is 28.2 Å². The molecule has 1 amide bonds. The molecule has 4 rings (SSSR count). The monoisotopic (exact) mass is 454 g/mol. The Morgan fingerprint density at radius 2 is 2.00 bits per heavy atom. The zero-order chi connectivity index (χ0) is 23.0. The number of hydrogen-bond donors (Lipinski definition) is 1. The molecule has 0 bridgehead atoms. The number of benzene rings is 1. The Bertz CT molecular complexity index is 1240. The van der Waals surface area contributed by atoms with Gasteiger partial charge in [0, 0.05) is 5.56 Å². The van der Waals surface area contributed by atoms with Gasteiger partial charge in [0.05, 0.1) is 31.7 Å². The number of aliphatic hydroxyl groups is 1. The summed E-state index contributed by atoms with van der Waals surface area (Å²) in [6, 6.07) is 8.59. The molecule has 0 unspecified atom stereocenters. The molecule has 0 saturated carbocycles. The Morgan fingerprint density at radius 1 is 1.22 bits per heavy atom. The van der Waals surface area contributed by atoms with E-state index in [4.69, 9.17) is 13.9 Å². The first-order valence-electron chi connectivity index (χ1n) is 9.42. The first kappa shape index (κ1) is 21.3. The van der Waals surface area contributed by atoms with E-state index in [0.717, 1.165) is 16.2 Å². The van der Waals surface area contributed by atoms with E-state index < -0.39 is 23.7 Å². The zero-order valence-corrected chi connectivity index (χ0v) is 18.1. The van der Waals surface area contributed by atoms with Crippen LogP contribution in [0.5, 0.6) is 5.75 Å². The van der Waals surface area contributed by atoms with Crippen LogP contribution in [0.4, 0.5) is 5.13 Å². The molecular weight excluding hydrogens is 436 g/mol. The van der Waals surface area contributed by atoms with E-state index in [1.807, 2.05) is 0 Å². The highest BCUT2D eigenvalue weighted by Gasteiger charge is 2.49. The number of nitrogens with zero attached hydrogens (tertiary/aromatic N) is 2. The molecule has 32 heavy (non-hydrogen) atoms. The molecule has 0 radical (unpaired) electrons. The number of ketones is 1. The number of carbonyl (C=O) groups is 3. The maximum Gasteiger partial charge on any atom is 0.350 e. The maximum absolute atomic E-state index is 13.1. The highest BCUT2D eigenvalue weighted by atomic mass is 32.1. The lowest BCUT2D eigenvalue weighted by Gasteiger charge is -2.20. The molecule has 3 heterocycles. The highest BCUT2D eigenvalue weighted by Crippen LogP contribution is 2.44. The van der Waals surface area contributed by atoms with E-state index in [1.165, 1.54) is 20.5 Å². The molecule has 3 aromatic rings. The number of methoxy groups -OCH3 is 2. The number of hydrogen-bond acceptors (Lipinski definition) is 9. The van der Waals surface area contributed by atoms with Gasteiger partial charge in [0.15, 0.2) is 5.13 Å². The third-order valence-corrected chi connectivity index (χ3v) is 6.10. The minimum atomic E-state index is -1.08. The Morgan fingerprint density at radius 3 is 2.66 bits per heavy atom. The van der Waals surface area contributed by atoms with Crippen molar-refractivity contribution in [2.24, 2.45) is 0 Å². The van der Waals surface area contributed by atoms with Crippen molar-refractivity contribution in [3.8, 4) is 5.75 Å². The summed E-state index contributed by atoms with van der Waals surface area (Å²) in [5.41, 5.74) is 0.486. The number of amides is 1. The number of Topliss-reactive ketones (excluding diaryl/α,β-unsaturated/α-hetero) is 1. The van der Waals surface area contributed by atoms with E-state index in [2.05, 4.69) is 4.98 Å². The molecular formula is C22H18N2O7S. The van der Waals surface area contributed by atoms with Crippen LogP contribution >= 0.6 is 11.3 Å². The molecule has 1 atom stereocenters. The number of aliphatic hydroxyl groups excluding tert-OH is 1. The molecule has 2 aromatic heterocycles. The Labute approximate surface area is 186 Å². The van der Waals surface area contributed by atoms with Crippen molar-refractivity contribution in [3.63, 3.8) is 0 Å². The van der Waals surface area contributed by atoms with Crippen LogP contribution in [0.15, 0.2) is 52.7 Å². The van der Waals surface area contributed by atoms with Crippen LogP contribution in [0, 0.1) is 6.92 Å². The summed E-state index contributed by atoms with van der Waals surface area (Å²) in [5, 5.41) is 11.1. The average Bonchev–Trinajstić information content (AvgIpc) is 3.52. The third-order valence-electron chi connectivity index (χ3n) is 4.96. The van der Waals surface area contributed by atoms with Gasteiger partial charge in [-0.15, -0.1) is 0 Å². The fourth-order valence-electron chi connectivity index (χ4n) is 3.44. The van der Waals surface area contributed by atoms with Gasteiger partial charge < -0.3 is 19.0 Å². The second-order valence-electron chi connectivity index (χ2n) is 6.82. The van der Waals surface area contributed by atoms with Crippen LogP contribution in [0.3, 0.4) is 0 Å². The summed E-state index contributed by atoms with van der Waals surface area (Å²) < 4.78 is 15.4. The van der Waals surface area contributed by atoms with Gasteiger partial charge in [0.2, 0.25) is 0 Å². The van der Waals surface area contributed by atoms with E-state index in [-0.39, 0.29) is 27.1 Å². The summed E-state index contributed by atoms with van der Waals surface area (Å²) in [4.78, 5) is 43.8. The number of thiazole rings is 1. The van der Waals surface area contributed by atoms with Gasteiger partial charge in [-0.3, -0.25) is 14.5 Å². The summed E-state index contributed by atoms with van der Waals surface area (Å²) in [6.07, 6.45) is 1.40. The SMILES string of the molecule is COC(=O)c1sc(N2C(=O)C(=O)C(=C(O)c3cccc(OC)c3)[C@@H]2c2ccco2)nc1C. The average molecular weight is 454 g/mol. The summed E-state index contributed by atoms with van der Waals surface area (Å²) in [7, 11) is 2.72. The van der Waals surface area contributed by atoms with Crippen LogP contribution < -0.4 is 9.64 Å². The second-order valence-corrected chi connectivity index (χ2v) is 7.80. The quantitative estimate of drug-likeness (QED) is 0.269. The number of aryl methyl sites for hydroxylation is 1. The van der Waals surface area contributed by atoms with Gasteiger partial charge in [-0.1, -0.05) is 23.5 Å².